The summed E-state index contributed by atoms with van der Waals surface area (Å²) in [6.07, 6.45) is 3.22. The third-order valence-corrected chi connectivity index (χ3v) is 3.83. The van der Waals surface area contributed by atoms with E-state index in [0.717, 1.165) is 25.9 Å². The Labute approximate surface area is 112 Å². The average molecular weight is 249 g/mol. The molecule has 0 spiro atoms. The van der Waals surface area contributed by atoms with Gasteiger partial charge in [-0.1, -0.05) is 37.3 Å². The van der Waals surface area contributed by atoms with Gasteiger partial charge in [-0.2, -0.15) is 0 Å². The molecule has 2 heteroatoms. The number of aryl methyl sites for hydroxylation is 1. The van der Waals surface area contributed by atoms with Crippen molar-refractivity contribution in [1.82, 2.24) is 5.32 Å². The van der Waals surface area contributed by atoms with Crippen molar-refractivity contribution in [2.24, 2.45) is 0 Å². The zero-order valence-electron chi connectivity index (χ0n) is 12.2. The van der Waals surface area contributed by atoms with Crippen LogP contribution in [0.2, 0.25) is 0 Å². The maximum Gasteiger partial charge on any atom is 0.0804 e. The van der Waals surface area contributed by atoms with Crippen LogP contribution in [0.3, 0.4) is 0 Å². The summed E-state index contributed by atoms with van der Waals surface area (Å²) in [5, 5.41) is 3.42. The van der Waals surface area contributed by atoms with Crippen LogP contribution in [0.4, 0.5) is 0 Å². The van der Waals surface area contributed by atoms with Crippen molar-refractivity contribution in [3.05, 3.63) is 35.9 Å². The Kier molecular flexibility index (Phi) is 6.37. The van der Waals surface area contributed by atoms with Crippen LogP contribution in [0.1, 0.15) is 39.2 Å². The second-order valence-electron chi connectivity index (χ2n) is 4.96. The third-order valence-electron chi connectivity index (χ3n) is 3.83. The summed E-state index contributed by atoms with van der Waals surface area (Å²) in [5.74, 6) is 0. The fraction of sp³-hybridized carbons (Fsp3) is 0.625. The number of nitrogens with one attached hydrogen (secondary N) is 1. The first-order valence-corrected chi connectivity index (χ1v) is 7.01. The largest absolute Gasteiger partial charge is 0.374 e. The van der Waals surface area contributed by atoms with Gasteiger partial charge in [-0.15, -0.1) is 0 Å². The van der Waals surface area contributed by atoms with Crippen molar-refractivity contribution in [2.45, 2.75) is 51.7 Å². The summed E-state index contributed by atoms with van der Waals surface area (Å²) in [7, 11) is 2.03. The van der Waals surface area contributed by atoms with E-state index >= 15 is 0 Å². The number of benzene rings is 1. The molecule has 0 radical (unpaired) electrons. The molecule has 0 aliphatic rings. The Morgan fingerprint density at radius 2 is 1.89 bits per heavy atom. The Morgan fingerprint density at radius 1 is 1.22 bits per heavy atom. The van der Waals surface area contributed by atoms with E-state index in [1.807, 2.05) is 7.05 Å². The molecule has 0 aliphatic heterocycles. The first-order chi connectivity index (χ1) is 8.66. The standard InChI is InChI=1S/C16H27NO/c1-5-16(3,18-6-2)15(17-4)13-12-14-10-8-7-9-11-14/h7-11,15,17H,5-6,12-13H2,1-4H3. The minimum Gasteiger partial charge on any atom is -0.374 e. The van der Waals surface area contributed by atoms with Crippen LogP contribution in [0.25, 0.3) is 0 Å². The van der Waals surface area contributed by atoms with Gasteiger partial charge >= 0.3 is 0 Å². The highest BCUT2D eigenvalue weighted by atomic mass is 16.5. The van der Waals surface area contributed by atoms with Gasteiger partial charge in [0.25, 0.3) is 0 Å². The molecule has 1 aromatic rings. The molecule has 1 rings (SSSR count). The summed E-state index contributed by atoms with van der Waals surface area (Å²) in [4.78, 5) is 0. The molecule has 0 heterocycles. The number of hydrogen-bond donors (Lipinski definition) is 1. The van der Waals surface area contributed by atoms with E-state index in [1.165, 1.54) is 5.56 Å². The van der Waals surface area contributed by atoms with Crippen molar-refractivity contribution >= 4 is 0 Å². The van der Waals surface area contributed by atoms with Crippen LogP contribution < -0.4 is 5.32 Å². The molecular weight excluding hydrogens is 222 g/mol. The zero-order chi connectivity index (χ0) is 13.4. The molecule has 102 valence electrons. The summed E-state index contributed by atoms with van der Waals surface area (Å²) < 4.78 is 5.96. The molecule has 0 aromatic heterocycles. The highest BCUT2D eigenvalue weighted by Crippen LogP contribution is 2.23. The first kappa shape index (κ1) is 15.2. The summed E-state index contributed by atoms with van der Waals surface area (Å²) in [6, 6.07) is 11.0. The second-order valence-corrected chi connectivity index (χ2v) is 4.96. The maximum absolute atomic E-state index is 5.96. The predicted molar refractivity (Wildman–Crippen MR) is 77.9 cm³/mol. The lowest BCUT2D eigenvalue weighted by molar-refractivity contribution is -0.0552. The van der Waals surface area contributed by atoms with Gasteiger partial charge in [0.2, 0.25) is 0 Å². The Morgan fingerprint density at radius 3 is 2.39 bits per heavy atom. The quantitative estimate of drug-likeness (QED) is 0.762. The van der Waals surface area contributed by atoms with Crippen molar-refractivity contribution in [1.29, 1.82) is 0 Å². The number of ether oxygens (including phenoxy) is 1. The van der Waals surface area contributed by atoms with Crippen LogP contribution in [0.5, 0.6) is 0 Å². The lowest BCUT2D eigenvalue weighted by atomic mass is 9.88. The summed E-state index contributed by atoms with van der Waals surface area (Å²) in [6.45, 7) is 7.25. The van der Waals surface area contributed by atoms with Gasteiger partial charge in [0.05, 0.1) is 5.60 Å². The third kappa shape index (κ3) is 4.11. The molecule has 0 fully saturated rings. The molecule has 0 aliphatic carbocycles. The van der Waals surface area contributed by atoms with Crippen LogP contribution in [0.15, 0.2) is 30.3 Å². The number of likely N-dealkylation sites (N-methyl/N-ethyl adjacent to an activating group) is 1. The van der Waals surface area contributed by atoms with Crippen molar-refractivity contribution in [2.75, 3.05) is 13.7 Å². The number of rotatable bonds is 8. The van der Waals surface area contributed by atoms with Crippen molar-refractivity contribution < 1.29 is 4.74 Å². The summed E-state index contributed by atoms with van der Waals surface area (Å²) >= 11 is 0. The topological polar surface area (TPSA) is 21.3 Å². The van der Waals surface area contributed by atoms with Crippen LogP contribution in [-0.2, 0) is 11.2 Å². The molecule has 0 saturated carbocycles. The van der Waals surface area contributed by atoms with E-state index in [1.54, 1.807) is 0 Å². The van der Waals surface area contributed by atoms with Crippen LogP contribution in [0, 0.1) is 0 Å². The van der Waals surface area contributed by atoms with Crippen LogP contribution in [-0.4, -0.2) is 25.3 Å². The van der Waals surface area contributed by atoms with E-state index in [-0.39, 0.29) is 5.60 Å². The molecule has 2 atom stereocenters. The molecule has 1 N–H and O–H groups in total. The molecular formula is C16H27NO. The Bertz CT molecular complexity index is 325. The van der Waals surface area contributed by atoms with Gasteiger partial charge in [-0.3, -0.25) is 0 Å². The second kappa shape index (κ2) is 7.55. The summed E-state index contributed by atoms with van der Waals surface area (Å²) in [5.41, 5.74) is 1.32. The molecule has 2 nitrogen and oxygen atoms in total. The highest BCUT2D eigenvalue weighted by molar-refractivity contribution is 5.15. The van der Waals surface area contributed by atoms with Gasteiger partial charge in [0, 0.05) is 12.6 Å². The molecule has 2 unspecified atom stereocenters. The van der Waals surface area contributed by atoms with Gasteiger partial charge < -0.3 is 10.1 Å². The Balaban J connectivity index is 2.61. The molecule has 0 bridgehead atoms. The van der Waals surface area contributed by atoms with E-state index < -0.39 is 0 Å². The van der Waals surface area contributed by atoms with Gasteiger partial charge in [-0.05, 0) is 45.7 Å². The lowest BCUT2D eigenvalue weighted by Crippen LogP contribution is -2.49. The molecule has 1 aromatic carbocycles. The molecule has 0 amide bonds. The van der Waals surface area contributed by atoms with E-state index in [9.17, 15) is 0 Å². The van der Waals surface area contributed by atoms with E-state index in [0.29, 0.717) is 6.04 Å². The van der Waals surface area contributed by atoms with Crippen LogP contribution >= 0.6 is 0 Å². The smallest absolute Gasteiger partial charge is 0.0804 e. The monoisotopic (exact) mass is 249 g/mol. The fourth-order valence-corrected chi connectivity index (χ4v) is 2.49. The zero-order valence-corrected chi connectivity index (χ0v) is 12.2. The normalized spacial score (nSPS) is 16.2. The van der Waals surface area contributed by atoms with E-state index in [2.05, 4.69) is 56.4 Å². The van der Waals surface area contributed by atoms with Crippen molar-refractivity contribution in [3.8, 4) is 0 Å². The SMILES string of the molecule is CCOC(C)(CC)C(CCc1ccccc1)NC. The molecule has 0 saturated heterocycles. The predicted octanol–water partition coefficient (Wildman–Crippen LogP) is 3.41. The van der Waals surface area contributed by atoms with E-state index in [4.69, 9.17) is 4.74 Å². The van der Waals surface area contributed by atoms with Crippen molar-refractivity contribution in [3.63, 3.8) is 0 Å². The van der Waals surface area contributed by atoms with Gasteiger partial charge in [0.15, 0.2) is 0 Å². The minimum absolute atomic E-state index is 0.0712. The molecule has 18 heavy (non-hydrogen) atoms. The lowest BCUT2D eigenvalue weighted by Gasteiger charge is -2.36. The fourth-order valence-electron chi connectivity index (χ4n) is 2.49. The first-order valence-electron chi connectivity index (χ1n) is 7.01. The Hall–Kier alpha value is -0.860. The minimum atomic E-state index is -0.0712. The maximum atomic E-state index is 5.96. The van der Waals surface area contributed by atoms with Gasteiger partial charge in [-0.25, -0.2) is 0 Å². The van der Waals surface area contributed by atoms with Gasteiger partial charge in [0.1, 0.15) is 0 Å². The average Bonchev–Trinajstić information content (AvgIpc) is 2.41. The number of hydrogen-bond acceptors (Lipinski definition) is 2. The highest BCUT2D eigenvalue weighted by Gasteiger charge is 2.31.